The number of urea groups is 1. The maximum absolute atomic E-state index is 12.3. The highest BCUT2D eigenvalue weighted by molar-refractivity contribution is 6.31. The lowest BCUT2D eigenvalue weighted by Crippen LogP contribution is -2.35. The van der Waals surface area contributed by atoms with E-state index in [9.17, 15) is 4.79 Å². The summed E-state index contributed by atoms with van der Waals surface area (Å²) in [6, 6.07) is 11.1. The first kappa shape index (κ1) is 17.9. The SMILES string of the molecule is COc1cc(Cl)c(C)cc1NC(=O)NCC1(c2ccc(Cl)cc2)CC1. The second-order valence-corrected chi connectivity index (χ2v) is 7.24. The van der Waals surface area contributed by atoms with Crippen molar-refractivity contribution in [1.29, 1.82) is 0 Å². The van der Waals surface area contributed by atoms with E-state index in [0.717, 1.165) is 23.4 Å². The summed E-state index contributed by atoms with van der Waals surface area (Å²) in [5.41, 5.74) is 2.69. The van der Waals surface area contributed by atoms with Gasteiger partial charge in [0.15, 0.2) is 0 Å². The van der Waals surface area contributed by atoms with Crippen LogP contribution in [-0.4, -0.2) is 19.7 Å². The van der Waals surface area contributed by atoms with Crippen molar-refractivity contribution in [3.63, 3.8) is 0 Å². The zero-order valence-corrected chi connectivity index (χ0v) is 15.7. The van der Waals surface area contributed by atoms with Crippen molar-refractivity contribution in [2.24, 2.45) is 0 Å². The number of halogens is 2. The number of hydrogen-bond acceptors (Lipinski definition) is 2. The van der Waals surface area contributed by atoms with E-state index in [1.54, 1.807) is 19.2 Å². The van der Waals surface area contributed by atoms with E-state index in [2.05, 4.69) is 10.6 Å². The van der Waals surface area contributed by atoms with Crippen LogP contribution < -0.4 is 15.4 Å². The minimum absolute atomic E-state index is 0.0158. The number of nitrogens with one attached hydrogen (secondary N) is 2. The summed E-state index contributed by atoms with van der Waals surface area (Å²) < 4.78 is 5.28. The molecule has 0 radical (unpaired) electrons. The molecule has 132 valence electrons. The number of anilines is 1. The molecule has 4 nitrogen and oxygen atoms in total. The van der Waals surface area contributed by atoms with Gasteiger partial charge in [0.2, 0.25) is 0 Å². The van der Waals surface area contributed by atoms with E-state index in [-0.39, 0.29) is 11.4 Å². The highest BCUT2D eigenvalue weighted by Crippen LogP contribution is 2.47. The quantitative estimate of drug-likeness (QED) is 0.754. The first-order valence-electron chi connectivity index (χ1n) is 8.08. The summed E-state index contributed by atoms with van der Waals surface area (Å²) in [4.78, 5) is 12.3. The van der Waals surface area contributed by atoms with E-state index < -0.39 is 0 Å². The first-order valence-corrected chi connectivity index (χ1v) is 8.84. The molecule has 0 spiro atoms. The number of ether oxygens (including phenoxy) is 1. The highest BCUT2D eigenvalue weighted by atomic mass is 35.5. The monoisotopic (exact) mass is 378 g/mol. The molecule has 0 unspecified atom stereocenters. The molecule has 3 rings (SSSR count). The van der Waals surface area contributed by atoms with Crippen molar-refractivity contribution in [1.82, 2.24) is 5.32 Å². The molecule has 2 amide bonds. The number of carbonyl (C=O) groups is 1. The maximum Gasteiger partial charge on any atom is 0.319 e. The van der Waals surface area contributed by atoms with Crippen LogP contribution in [0.2, 0.25) is 10.0 Å². The van der Waals surface area contributed by atoms with E-state index in [1.165, 1.54) is 5.56 Å². The fraction of sp³-hybridized carbons (Fsp3) is 0.316. The molecule has 0 aliphatic heterocycles. The summed E-state index contributed by atoms with van der Waals surface area (Å²) in [5.74, 6) is 0.532. The van der Waals surface area contributed by atoms with Crippen LogP contribution in [0.1, 0.15) is 24.0 Å². The number of hydrogen-bond donors (Lipinski definition) is 2. The van der Waals surface area contributed by atoms with Crippen molar-refractivity contribution < 1.29 is 9.53 Å². The van der Waals surface area contributed by atoms with Crippen LogP contribution in [0.15, 0.2) is 36.4 Å². The molecule has 0 heterocycles. The predicted octanol–water partition coefficient (Wildman–Crippen LogP) is 5.16. The molecule has 1 aliphatic carbocycles. The third kappa shape index (κ3) is 4.02. The van der Waals surface area contributed by atoms with Gasteiger partial charge in [0.25, 0.3) is 0 Å². The van der Waals surface area contributed by atoms with Crippen molar-refractivity contribution in [3.05, 3.63) is 57.6 Å². The molecule has 1 aliphatic rings. The summed E-state index contributed by atoms with van der Waals surface area (Å²) >= 11 is 12.0. The number of benzene rings is 2. The molecular formula is C19H20Cl2N2O2. The normalized spacial score (nSPS) is 14.7. The lowest BCUT2D eigenvalue weighted by molar-refractivity contribution is 0.251. The number of methoxy groups -OCH3 is 1. The second-order valence-electron chi connectivity index (χ2n) is 6.40. The average Bonchev–Trinajstić information content (AvgIpc) is 3.38. The lowest BCUT2D eigenvalue weighted by Gasteiger charge is -2.18. The zero-order chi connectivity index (χ0) is 18.0. The fourth-order valence-corrected chi connectivity index (χ4v) is 3.15. The van der Waals surface area contributed by atoms with E-state index in [1.807, 2.05) is 31.2 Å². The standard InChI is InChI=1S/C19H20Cl2N2O2/c1-12-9-16(17(25-2)10-15(12)21)23-18(24)22-11-19(7-8-19)13-3-5-14(20)6-4-13/h3-6,9-10H,7-8,11H2,1-2H3,(H2,22,23,24). The first-order chi connectivity index (χ1) is 11.9. The number of aryl methyl sites for hydroxylation is 1. The van der Waals surface area contributed by atoms with Gasteiger partial charge in [-0.05, 0) is 49.1 Å². The maximum atomic E-state index is 12.3. The predicted molar refractivity (Wildman–Crippen MR) is 102 cm³/mol. The van der Waals surface area contributed by atoms with Crippen molar-refractivity contribution in [2.45, 2.75) is 25.2 Å². The van der Waals surface area contributed by atoms with Crippen molar-refractivity contribution in [3.8, 4) is 5.75 Å². The molecule has 6 heteroatoms. The molecule has 25 heavy (non-hydrogen) atoms. The van der Waals surface area contributed by atoms with Gasteiger partial charge in [0, 0.05) is 28.1 Å². The third-order valence-corrected chi connectivity index (χ3v) is 5.29. The van der Waals surface area contributed by atoms with Gasteiger partial charge in [-0.2, -0.15) is 0 Å². The van der Waals surface area contributed by atoms with E-state index in [4.69, 9.17) is 27.9 Å². The van der Waals surface area contributed by atoms with Crippen LogP contribution in [-0.2, 0) is 5.41 Å². The van der Waals surface area contributed by atoms with Crippen molar-refractivity contribution in [2.75, 3.05) is 19.0 Å². The van der Waals surface area contributed by atoms with Gasteiger partial charge in [-0.15, -0.1) is 0 Å². The molecule has 2 N–H and O–H groups in total. The zero-order valence-electron chi connectivity index (χ0n) is 14.2. The topological polar surface area (TPSA) is 50.4 Å². The van der Waals surface area contributed by atoms with Gasteiger partial charge in [0.1, 0.15) is 5.75 Å². The Kier molecular flexibility index (Phi) is 5.11. The number of amides is 2. The number of rotatable bonds is 5. The van der Waals surface area contributed by atoms with Gasteiger partial charge in [-0.3, -0.25) is 0 Å². The fourth-order valence-electron chi connectivity index (χ4n) is 2.87. The molecule has 1 saturated carbocycles. The Labute approximate surface area is 157 Å². The molecule has 2 aromatic rings. The Morgan fingerprint density at radius 2 is 1.88 bits per heavy atom. The minimum Gasteiger partial charge on any atom is -0.495 e. The van der Waals surface area contributed by atoms with Gasteiger partial charge < -0.3 is 15.4 Å². The highest BCUT2D eigenvalue weighted by Gasteiger charge is 2.44. The van der Waals surface area contributed by atoms with Crippen LogP contribution in [0.3, 0.4) is 0 Å². The molecular weight excluding hydrogens is 359 g/mol. The summed E-state index contributed by atoms with van der Waals surface area (Å²) in [7, 11) is 1.55. The van der Waals surface area contributed by atoms with Gasteiger partial charge in [-0.25, -0.2) is 4.79 Å². The summed E-state index contributed by atoms with van der Waals surface area (Å²) in [5, 5.41) is 7.11. The molecule has 0 atom stereocenters. The van der Waals surface area contributed by atoms with Gasteiger partial charge in [0.05, 0.1) is 12.8 Å². The van der Waals surface area contributed by atoms with Gasteiger partial charge >= 0.3 is 6.03 Å². The Balaban J connectivity index is 1.64. The average molecular weight is 379 g/mol. The molecule has 0 aromatic heterocycles. The van der Waals surface area contributed by atoms with Crippen LogP contribution >= 0.6 is 23.2 Å². The van der Waals surface area contributed by atoms with E-state index >= 15 is 0 Å². The Morgan fingerprint density at radius 3 is 2.48 bits per heavy atom. The molecule has 2 aromatic carbocycles. The largest absolute Gasteiger partial charge is 0.495 e. The Morgan fingerprint density at radius 1 is 1.20 bits per heavy atom. The lowest BCUT2D eigenvalue weighted by atomic mass is 9.96. The van der Waals surface area contributed by atoms with Crippen LogP contribution in [0.4, 0.5) is 10.5 Å². The van der Waals surface area contributed by atoms with Gasteiger partial charge in [-0.1, -0.05) is 35.3 Å². The molecule has 0 saturated heterocycles. The van der Waals surface area contributed by atoms with Crippen molar-refractivity contribution >= 4 is 34.9 Å². The third-order valence-electron chi connectivity index (χ3n) is 4.63. The second kappa shape index (κ2) is 7.14. The van der Waals surface area contributed by atoms with E-state index in [0.29, 0.717) is 23.0 Å². The summed E-state index contributed by atoms with van der Waals surface area (Å²) in [6.07, 6.45) is 2.11. The Bertz CT molecular complexity index is 787. The molecule has 1 fully saturated rings. The summed E-state index contributed by atoms with van der Waals surface area (Å²) in [6.45, 7) is 2.46. The van der Waals surface area contributed by atoms with Crippen LogP contribution in [0, 0.1) is 6.92 Å². The molecule has 0 bridgehead atoms. The number of carbonyl (C=O) groups excluding carboxylic acids is 1. The minimum atomic E-state index is -0.264. The van der Waals surface area contributed by atoms with Crippen LogP contribution in [0.25, 0.3) is 0 Å². The Hall–Kier alpha value is -1.91. The van der Waals surface area contributed by atoms with Crippen LogP contribution in [0.5, 0.6) is 5.75 Å². The smallest absolute Gasteiger partial charge is 0.319 e.